The second kappa shape index (κ2) is 7.83. The SMILES string of the molecule is Cc1cc(C(=O)N2CCCC(C)C2)nc(NCc2ccccc2Cl)n1. The second-order valence-electron chi connectivity index (χ2n) is 6.66. The Balaban J connectivity index is 1.74. The molecule has 1 amide bonds. The van der Waals surface area contributed by atoms with Crippen molar-refractivity contribution in [2.24, 2.45) is 5.92 Å². The van der Waals surface area contributed by atoms with Gasteiger partial charge in [-0.15, -0.1) is 0 Å². The highest BCUT2D eigenvalue weighted by molar-refractivity contribution is 6.31. The maximum atomic E-state index is 12.8. The lowest BCUT2D eigenvalue weighted by Crippen LogP contribution is -2.39. The number of hydrogen-bond donors (Lipinski definition) is 1. The number of amides is 1. The topological polar surface area (TPSA) is 58.1 Å². The molecule has 3 rings (SSSR count). The van der Waals surface area contributed by atoms with Gasteiger partial charge in [0.1, 0.15) is 5.69 Å². The molecule has 2 heterocycles. The van der Waals surface area contributed by atoms with Crippen LogP contribution in [0, 0.1) is 12.8 Å². The molecule has 1 aromatic heterocycles. The van der Waals surface area contributed by atoms with Crippen LogP contribution in [-0.2, 0) is 6.54 Å². The third-order valence-corrected chi connectivity index (χ3v) is 4.78. The molecular formula is C19H23ClN4O. The fraction of sp³-hybridized carbons (Fsp3) is 0.421. The fourth-order valence-corrected chi connectivity index (χ4v) is 3.31. The first-order valence-corrected chi connectivity index (χ1v) is 9.03. The van der Waals surface area contributed by atoms with Crippen LogP contribution in [0.2, 0.25) is 5.02 Å². The number of likely N-dealkylation sites (tertiary alicyclic amines) is 1. The van der Waals surface area contributed by atoms with E-state index < -0.39 is 0 Å². The van der Waals surface area contributed by atoms with Crippen molar-refractivity contribution in [2.75, 3.05) is 18.4 Å². The summed E-state index contributed by atoms with van der Waals surface area (Å²) in [5, 5.41) is 3.87. The maximum Gasteiger partial charge on any atom is 0.272 e. The number of halogens is 1. The number of anilines is 1. The van der Waals surface area contributed by atoms with Gasteiger partial charge in [0.25, 0.3) is 5.91 Å². The summed E-state index contributed by atoms with van der Waals surface area (Å²) in [5.74, 6) is 0.977. The summed E-state index contributed by atoms with van der Waals surface area (Å²) in [5.41, 5.74) is 2.18. The molecule has 1 unspecified atom stereocenters. The number of benzene rings is 1. The molecule has 0 spiro atoms. The smallest absolute Gasteiger partial charge is 0.272 e. The molecule has 0 aliphatic carbocycles. The summed E-state index contributed by atoms with van der Waals surface area (Å²) in [7, 11) is 0. The van der Waals surface area contributed by atoms with Crippen molar-refractivity contribution in [3.8, 4) is 0 Å². The lowest BCUT2D eigenvalue weighted by Gasteiger charge is -2.30. The van der Waals surface area contributed by atoms with Crippen LogP contribution in [0.4, 0.5) is 5.95 Å². The molecule has 5 nitrogen and oxygen atoms in total. The number of nitrogens with one attached hydrogen (secondary N) is 1. The lowest BCUT2D eigenvalue weighted by molar-refractivity contribution is 0.0677. The minimum atomic E-state index is -0.0159. The molecule has 6 heteroatoms. The van der Waals surface area contributed by atoms with E-state index in [0.717, 1.165) is 30.8 Å². The van der Waals surface area contributed by atoms with Crippen molar-refractivity contribution < 1.29 is 4.79 Å². The van der Waals surface area contributed by atoms with Crippen molar-refractivity contribution in [3.63, 3.8) is 0 Å². The predicted octanol–water partition coefficient (Wildman–Crippen LogP) is 3.92. The van der Waals surface area contributed by atoms with Gasteiger partial charge in [0.15, 0.2) is 0 Å². The zero-order valence-electron chi connectivity index (χ0n) is 14.6. The molecule has 1 aliphatic heterocycles. The Morgan fingerprint density at radius 2 is 2.16 bits per heavy atom. The van der Waals surface area contributed by atoms with Gasteiger partial charge in [-0.05, 0) is 43.4 Å². The summed E-state index contributed by atoms with van der Waals surface area (Å²) in [4.78, 5) is 23.5. The molecule has 1 N–H and O–H groups in total. The Hall–Kier alpha value is -2.14. The van der Waals surface area contributed by atoms with Gasteiger partial charge in [-0.1, -0.05) is 36.7 Å². The Kier molecular flexibility index (Phi) is 5.53. The first kappa shape index (κ1) is 17.7. The summed E-state index contributed by atoms with van der Waals surface area (Å²) in [6.45, 7) is 6.16. The Morgan fingerprint density at radius 1 is 1.36 bits per heavy atom. The molecule has 0 bridgehead atoms. The number of aryl methyl sites for hydroxylation is 1. The normalized spacial score (nSPS) is 17.4. The number of aromatic nitrogens is 2. The van der Waals surface area contributed by atoms with Crippen LogP contribution >= 0.6 is 11.6 Å². The standard InChI is InChI=1S/C19H23ClN4O/c1-13-6-5-9-24(12-13)18(25)17-10-14(2)22-19(23-17)21-11-15-7-3-4-8-16(15)20/h3-4,7-8,10,13H,5-6,9,11-12H2,1-2H3,(H,21,22,23). The minimum absolute atomic E-state index is 0.0159. The van der Waals surface area contributed by atoms with Crippen LogP contribution in [0.5, 0.6) is 0 Å². The molecule has 25 heavy (non-hydrogen) atoms. The van der Waals surface area contributed by atoms with E-state index >= 15 is 0 Å². The van der Waals surface area contributed by atoms with Gasteiger partial charge in [-0.3, -0.25) is 4.79 Å². The summed E-state index contributed by atoms with van der Waals surface area (Å²) in [6.07, 6.45) is 2.23. The number of carbonyl (C=O) groups is 1. The van der Waals surface area contributed by atoms with E-state index in [-0.39, 0.29) is 5.91 Å². The quantitative estimate of drug-likeness (QED) is 0.899. The van der Waals surface area contributed by atoms with Crippen LogP contribution in [0.15, 0.2) is 30.3 Å². The molecule has 132 valence electrons. The zero-order valence-corrected chi connectivity index (χ0v) is 15.4. The Labute approximate surface area is 153 Å². The first-order valence-electron chi connectivity index (χ1n) is 8.65. The zero-order chi connectivity index (χ0) is 17.8. The fourth-order valence-electron chi connectivity index (χ4n) is 3.11. The van der Waals surface area contributed by atoms with Gasteiger partial charge in [0.2, 0.25) is 5.95 Å². The van der Waals surface area contributed by atoms with Gasteiger partial charge in [0, 0.05) is 30.4 Å². The highest BCUT2D eigenvalue weighted by Gasteiger charge is 2.23. The van der Waals surface area contributed by atoms with Crippen LogP contribution in [-0.4, -0.2) is 33.9 Å². The van der Waals surface area contributed by atoms with E-state index in [1.807, 2.05) is 36.1 Å². The lowest BCUT2D eigenvalue weighted by atomic mass is 10.00. The molecule has 2 aromatic rings. The highest BCUT2D eigenvalue weighted by atomic mass is 35.5. The molecule has 1 saturated heterocycles. The van der Waals surface area contributed by atoms with Crippen LogP contribution in [0.3, 0.4) is 0 Å². The van der Waals surface area contributed by atoms with Crippen LogP contribution in [0.1, 0.15) is 41.5 Å². The van der Waals surface area contributed by atoms with Gasteiger partial charge >= 0.3 is 0 Å². The maximum absolute atomic E-state index is 12.8. The molecule has 0 saturated carbocycles. The van der Waals surface area contributed by atoms with Gasteiger partial charge in [-0.2, -0.15) is 0 Å². The van der Waals surface area contributed by atoms with Crippen LogP contribution in [0.25, 0.3) is 0 Å². The van der Waals surface area contributed by atoms with Gasteiger partial charge in [-0.25, -0.2) is 9.97 Å². The first-order chi connectivity index (χ1) is 12.0. The van der Waals surface area contributed by atoms with Crippen molar-refractivity contribution in [2.45, 2.75) is 33.2 Å². The summed E-state index contributed by atoms with van der Waals surface area (Å²) >= 11 is 6.18. The molecule has 1 fully saturated rings. The number of carbonyl (C=O) groups excluding carboxylic acids is 1. The molecule has 1 atom stereocenters. The largest absolute Gasteiger partial charge is 0.350 e. The van der Waals surface area contributed by atoms with Crippen molar-refractivity contribution in [1.82, 2.24) is 14.9 Å². The van der Waals surface area contributed by atoms with Crippen molar-refractivity contribution in [3.05, 3.63) is 52.3 Å². The minimum Gasteiger partial charge on any atom is -0.350 e. The summed E-state index contributed by atoms with van der Waals surface area (Å²) in [6, 6.07) is 9.38. The van der Waals surface area contributed by atoms with E-state index in [9.17, 15) is 4.79 Å². The molecular weight excluding hydrogens is 336 g/mol. The van der Waals surface area contributed by atoms with Crippen molar-refractivity contribution in [1.29, 1.82) is 0 Å². The Morgan fingerprint density at radius 3 is 2.92 bits per heavy atom. The van der Waals surface area contributed by atoms with Crippen molar-refractivity contribution >= 4 is 23.5 Å². The van der Waals surface area contributed by atoms with E-state index in [2.05, 4.69) is 22.2 Å². The third kappa shape index (κ3) is 4.48. The van der Waals surface area contributed by atoms with E-state index in [1.54, 1.807) is 6.07 Å². The number of hydrogen-bond acceptors (Lipinski definition) is 4. The molecule has 0 radical (unpaired) electrons. The second-order valence-corrected chi connectivity index (χ2v) is 7.07. The number of nitrogens with zero attached hydrogens (tertiary/aromatic N) is 3. The molecule has 1 aliphatic rings. The van der Waals surface area contributed by atoms with Crippen LogP contribution < -0.4 is 5.32 Å². The third-order valence-electron chi connectivity index (χ3n) is 4.41. The Bertz CT molecular complexity index is 765. The van der Waals surface area contributed by atoms with E-state index in [1.165, 1.54) is 6.42 Å². The van der Waals surface area contributed by atoms with E-state index in [0.29, 0.717) is 29.1 Å². The number of rotatable bonds is 4. The average molecular weight is 359 g/mol. The van der Waals surface area contributed by atoms with Gasteiger partial charge in [0.05, 0.1) is 0 Å². The average Bonchev–Trinajstić information content (AvgIpc) is 2.60. The van der Waals surface area contributed by atoms with E-state index in [4.69, 9.17) is 11.6 Å². The highest BCUT2D eigenvalue weighted by Crippen LogP contribution is 2.19. The predicted molar refractivity (Wildman–Crippen MR) is 99.8 cm³/mol. The monoisotopic (exact) mass is 358 g/mol. The van der Waals surface area contributed by atoms with Gasteiger partial charge < -0.3 is 10.2 Å². The number of piperidine rings is 1. The molecule has 1 aromatic carbocycles. The summed E-state index contributed by atoms with van der Waals surface area (Å²) < 4.78 is 0.